The molecule has 7 nitrogen and oxygen atoms in total. The van der Waals surface area contributed by atoms with Gasteiger partial charge in [-0.25, -0.2) is 14.2 Å². The van der Waals surface area contributed by atoms with E-state index in [4.69, 9.17) is 9.90 Å². The van der Waals surface area contributed by atoms with E-state index in [1.165, 1.54) is 11.3 Å². The highest BCUT2D eigenvalue weighted by atomic mass is 32.1. The molecule has 1 aromatic heterocycles. The maximum atomic E-state index is 13.3. The average molecular weight is 530 g/mol. The van der Waals surface area contributed by atoms with Crippen molar-refractivity contribution in [1.29, 1.82) is 0 Å². The molecular formula is C20H21F7N4O3S. The molecule has 0 unspecified atom stereocenters. The predicted molar refractivity (Wildman–Crippen MR) is 114 cm³/mol. The van der Waals surface area contributed by atoms with E-state index in [1.807, 2.05) is 14.0 Å². The van der Waals surface area contributed by atoms with Crippen molar-refractivity contribution in [2.75, 3.05) is 43.4 Å². The van der Waals surface area contributed by atoms with Crippen LogP contribution >= 0.6 is 11.3 Å². The first-order valence-electron chi connectivity index (χ1n) is 10.0. The van der Waals surface area contributed by atoms with Crippen molar-refractivity contribution in [2.24, 2.45) is 0 Å². The van der Waals surface area contributed by atoms with Crippen molar-refractivity contribution >= 4 is 34.0 Å². The largest absolute Gasteiger partial charge is 0.490 e. The summed E-state index contributed by atoms with van der Waals surface area (Å²) >= 11 is 1.37. The molecule has 0 aliphatic carbocycles. The van der Waals surface area contributed by atoms with Crippen LogP contribution in [0.1, 0.15) is 27.9 Å². The van der Waals surface area contributed by atoms with Gasteiger partial charge in [-0.15, -0.1) is 11.3 Å². The molecular weight excluding hydrogens is 509 g/mol. The van der Waals surface area contributed by atoms with Gasteiger partial charge in [-0.2, -0.15) is 26.3 Å². The minimum absolute atomic E-state index is 0.110. The molecule has 0 spiro atoms. The summed E-state index contributed by atoms with van der Waals surface area (Å²) in [5, 5.41) is 10.1. The number of carbonyl (C=O) groups is 2. The molecule has 2 aromatic rings. The molecule has 1 saturated heterocycles. The molecule has 2 N–H and O–H groups in total. The minimum atomic E-state index is -5.08. The normalized spacial score (nSPS) is 14.8. The number of aromatic nitrogens is 1. The van der Waals surface area contributed by atoms with Crippen LogP contribution in [0.3, 0.4) is 0 Å². The first-order valence-corrected chi connectivity index (χ1v) is 10.9. The van der Waals surface area contributed by atoms with Gasteiger partial charge in [0.15, 0.2) is 5.13 Å². The van der Waals surface area contributed by atoms with E-state index in [9.17, 15) is 35.5 Å². The Morgan fingerprint density at radius 1 is 1.11 bits per heavy atom. The lowest BCUT2D eigenvalue weighted by Gasteiger charge is -2.32. The number of carbonyl (C=O) groups excluding carboxylic acids is 1. The van der Waals surface area contributed by atoms with Crippen LogP contribution in [0.5, 0.6) is 0 Å². The molecule has 1 aliphatic rings. The van der Waals surface area contributed by atoms with Gasteiger partial charge in [0.2, 0.25) is 0 Å². The van der Waals surface area contributed by atoms with E-state index < -0.39 is 41.3 Å². The number of rotatable bonds is 4. The van der Waals surface area contributed by atoms with E-state index in [0.29, 0.717) is 22.5 Å². The third kappa shape index (κ3) is 7.78. The monoisotopic (exact) mass is 530 g/mol. The van der Waals surface area contributed by atoms with E-state index in [2.05, 4.69) is 20.1 Å². The average Bonchev–Trinajstić information content (AvgIpc) is 3.19. The molecule has 1 amide bonds. The molecule has 0 bridgehead atoms. The highest BCUT2D eigenvalue weighted by molar-refractivity contribution is 7.15. The van der Waals surface area contributed by atoms with E-state index in [-0.39, 0.29) is 5.69 Å². The van der Waals surface area contributed by atoms with Gasteiger partial charge < -0.3 is 20.2 Å². The summed E-state index contributed by atoms with van der Waals surface area (Å²) in [5.74, 6) is -4.51. The standard InChI is InChI=1S/C18H20F4N4OS.C2HF3O2/c1-3-14-15(24-17(28-14)26-8-6-25(2)7-9-26)16(27)23-13-5-4-11(19)10-12(13)18(20,21)22;3-2(4,5)1(6)7/h4-5,10H,3,6-9H2,1-2H3,(H,23,27);(H,6,7). The van der Waals surface area contributed by atoms with Crippen LogP contribution in [-0.2, 0) is 17.4 Å². The number of nitrogens with zero attached hydrogens (tertiary/aromatic N) is 3. The van der Waals surface area contributed by atoms with Crippen LogP contribution in [-0.4, -0.2) is 66.3 Å². The molecule has 1 aromatic carbocycles. The molecule has 15 heteroatoms. The fourth-order valence-corrected chi connectivity index (χ4v) is 3.98. The number of hydrogen-bond acceptors (Lipinski definition) is 6. The Balaban J connectivity index is 0.000000540. The molecule has 1 aliphatic heterocycles. The van der Waals surface area contributed by atoms with E-state index >= 15 is 0 Å². The second-order valence-corrected chi connectivity index (χ2v) is 8.42. The summed E-state index contributed by atoms with van der Waals surface area (Å²) in [6, 6.07) is 2.16. The number of carboxylic acids is 1. The van der Waals surface area contributed by atoms with Crippen LogP contribution in [0.2, 0.25) is 0 Å². The number of thiazole rings is 1. The SMILES string of the molecule is CCc1sc(N2CCN(C)CC2)nc1C(=O)Nc1ccc(F)cc1C(F)(F)F.O=C(O)C(F)(F)F. The lowest BCUT2D eigenvalue weighted by molar-refractivity contribution is -0.192. The second kappa shape index (κ2) is 11.2. The quantitative estimate of drug-likeness (QED) is 0.567. The number of aryl methyl sites for hydroxylation is 1. The Bertz CT molecular complexity index is 1050. The van der Waals surface area contributed by atoms with Gasteiger partial charge in [0.25, 0.3) is 5.91 Å². The zero-order valence-corrected chi connectivity index (χ0v) is 19.2. The molecule has 194 valence electrons. The van der Waals surface area contributed by atoms with Gasteiger partial charge in [-0.3, -0.25) is 4.79 Å². The minimum Gasteiger partial charge on any atom is -0.475 e. The smallest absolute Gasteiger partial charge is 0.475 e. The summed E-state index contributed by atoms with van der Waals surface area (Å²) in [6.07, 6.45) is -9.34. The van der Waals surface area contributed by atoms with Gasteiger partial charge in [0.05, 0.1) is 11.3 Å². The molecule has 3 rings (SSSR count). The molecule has 1 fully saturated rings. The third-order valence-electron chi connectivity index (χ3n) is 4.77. The van der Waals surface area contributed by atoms with Crippen LogP contribution < -0.4 is 10.2 Å². The fraction of sp³-hybridized carbons (Fsp3) is 0.450. The van der Waals surface area contributed by atoms with Gasteiger partial charge >= 0.3 is 18.3 Å². The van der Waals surface area contributed by atoms with E-state index in [1.54, 1.807) is 0 Å². The van der Waals surface area contributed by atoms with Crippen molar-refractivity contribution in [2.45, 2.75) is 25.7 Å². The maximum Gasteiger partial charge on any atom is 0.490 e. The zero-order chi connectivity index (χ0) is 26.6. The lowest BCUT2D eigenvalue weighted by Crippen LogP contribution is -2.44. The molecule has 2 heterocycles. The highest BCUT2D eigenvalue weighted by Crippen LogP contribution is 2.36. The van der Waals surface area contributed by atoms with Crippen LogP contribution in [0, 0.1) is 5.82 Å². The number of likely N-dealkylation sites (N-methyl/N-ethyl adjacent to an activating group) is 1. The number of halogens is 7. The number of carboxylic acid groups (broad SMARTS) is 1. The van der Waals surface area contributed by atoms with Crippen LogP contribution in [0.15, 0.2) is 18.2 Å². The van der Waals surface area contributed by atoms with Gasteiger partial charge in [0.1, 0.15) is 11.5 Å². The summed E-state index contributed by atoms with van der Waals surface area (Å²) in [6.45, 7) is 5.13. The van der Waals surface area contributed by atoms with Gasteiger partial charge in [-0.1, -0.05) is 6.92 Å². The Kier molecular flexibility index (Phi) is 9.06. The lowest BCUT2D eigenvalue weighted by atomic mass is 10.1. The number of anilines is 2. The van der Waals surface area contributed by atoms with Gasteiger partial charge in [0, 0.05) is 31.1 Å². The molecule has 0 saturated carbocycles. The van der Waals surface area contributed by atoms with Crippen molar-refractivity contribution < 1.29 is 45.4 Å². The number of aliphatic carboxylic acids is 1. The number of amides is 1. The van der Waals surface area contributed by atoms with Crippen molar-refractivity contribution in [3.63, 3.8) is 0 Å². The third-order valence-corrected chi connectivity index (χ3v) is 6.03. The van der Waals surface area contributed by atoms with Crippen molar-refractivity contribution in [3.05, 3.63) is 40.2 Å². The highest BCUT2D eigenvalue weighted by Gasteiger charge is 2.38. The van der Waals surface area contributed by atoms with Crippen molar-refractivity contribution in [3.8, 4) is 0 Å². The second-order valence-electron chi connectivity index (χ2n) is 7.36. The molecule has 0 radical (unpaired) electrons. The number of nitrogens with one attached hydrogen (secondary N) is 1. The van der Waals surface area contributed by atoms with Crippen LogP contribution in [0.25, 0.3) is 0 Å². The first kappa shape index (κ1) is 28.3. The number of piperazine rings is 1. The number of alkyl halides is 6. The summed E-state index contributed by atoms with van der Waals surface area (Å²) in [7, 11) is 2.02. The fourth-order valence-electron chi connectivity index (χ4n) is 2.93. The van der Waals surface area contributed by atoms with Gasteiger partial charge in [-0.05, 0) is 31.7 Å². The summed E-state index contributed by atoms with van der Waals surface area (Å²) in [5.41, 5.74) is -1.61. The number of hydrogen-bond donors (Lipinski definition) is 2. The molecule has 35 heavy (non-hydrogen) atoms. The summed E-state index contributed by atoms with van der Waals surface area (Å²) < 4.78 is 84.5. The van der Waals surface area contributed by atoms with E-state index in [0.717, 1.165) is 38.3 Å². The van der Waals surface area contributed by atoms with Crippen LogP contribution in [0.4, 0.5) is 41.6 Å². The Labute approximate surface area is 199 Å². The Morgan fingerprint density at radius 2 is 1.69 bits per heavy atom. The van der Waals surface area contributed by atoms with Crippen molar-refractivity contribution in [1.82, 2.24) is 9.88 Å². The number of benzene rings is 1. The zero-order valence-electron chi connectivity index (χ0n) is 18.4. The summed E-state index contributed by atoms with van der Waals surface area (Å²) in [4.78, 5) is 30.9. The topological polar surface area (TPSA) is 85.8 Å². The first-order chi connectivity index (χ1) is 16.1. The predicted octanol–water partition coefficient (Wildman–Crippen LogP) is 4.50. The maximum absolute atomic E-state index is 13.3. The Hall–Kier alpha value is -2.94. The Morgan fingerprint density at radius 3 is 2.17 bits per heavy atom. The molecule has 0 atom stereocenters.